The molecule has 0 spiro atoms. The molecular formula is C19H30O9. The van der Waals surface area contributed by atoms with Crippen molar-refractivity contribution in [2.75, 3.05) is 13.2 Å². The van der Waals surface area contributed by atoms with E-state index in [1.807, 2.05) is 0 Å². The Morgan fingerprint density at radius 3 is 2.50 bits per heavy atom. The van der Waals surface area contributed by atoms with Gasteiger partial charge < -0.3 is 40.1 Å². The van der Waals surface area contributed by atoms with Crippen molar-refractivity contribution in [2.45, 2.75) is 69.6 Å². The van der Waals surface area contributed by atoms with Crippen molar-refractivity contribution >= 4 is 5.78 Å². The number of hydrogen-bond acceptors (Lipinski definition) is 9. The second-order valence-corrected chi connectivity index (χ2v) is 7.85. The molecule has 1 fully saturated rings. The van der Waals surface area contributed by atoms with Crippen LogP contribution in [0.4, 0.5) is 0 Å². The first kappa shape index (κ1) is 23.1. The lowest BCUT2D eigenvalue weighted by atomic mass is 9.64. The van der Waals surface area contributed by atoms with Crippen molar-refractivity contribution in [2.24, 2.45) is 5.41 Å². The number of carbonyl (C=O) groups excluding carboxylic acids is 1. The largest absolute Gasteiger partial charge is 0.396 e. The predicted molar refractivity (Wildman–Crippen MR) is 97.0 cm³/mol. The Morgan fingerprint density at radius 1 is 1.29 bits per heavy atom. The number of carbonyl (C=O) groups is 1. The number of ketones is 1. The molecule has 0 radical (unpaired) electrons. The maximum Gasteiger partial charge on any atom is 0.187 e. The van der Waals surface area contributed by atoms with Gasteiger partial charge in [-0.3, -0.25) is 4.79 Å². The second kappa shape index (κ2) is 8.68. The minimum absolute atomic E-state index is 0.0242. The fourth-order valence-corrected chi connectivity index (χ4v) is 3.62. The van der Waals surface area contributed by atoms with Crippen LogP contribution >= 0.6 is 0 Å². The number of ether oxygens (including phenoxy) is 2. The van der Waals surface area contributed by atoms with Gasteiger partial charge in [0, 0.05) is 11.8 Å². The number of aliphatic hydroxyl groups excluding tert-OH is 5. The Labute approximate surface area is 163 Å². The zero-order valence-corrected chi connectivity index (χ0v) is 16.2. The summed E-state index contributed by atoms with van der Waals surface area (Å²) >= 11 is 0. The van der Waals surface area contributed by atoms with Crippen LogP contribution in [0.25, 0.3) is 0 Å². The van der Waals surface area contributed by atoms with Gasteiger partial charge in [0.15, 0.2) is 12.1 Å². The maximum absolute atomic E-state index is 11.8. The zero-order valence-electron chi connectivity index (χ0n) is 16.2. The highest BCUT2D eigenvalue weighted by Crippen LogP contribution is 2.44. The Morgan fingerprint density at radius 2 is 1.93 bits per heavy atom. The van der Waals surface area contributed by atoms with Crippen LogP contribution in [0.1, 0.15) is 27.2 Å². The molecule has 9 heteroatoms. The highest BCUT2D eigenvalue weighted by Gasteiger charge is 2.50. The Bertz CT molecular complexity index is 631. The Kier molecular flexibility index (Phi) is 7.17. The van der Waals surface area contributed by atoms with Crippen LogP contribution in [-0.2, 0) is 14.3 Å². The fraction of sp³-hybridized carbons (Fsp3) is 0.737. The molecule has 0 unspecified atom stereocenters. The van der Waals surface area contributed by atoms with E-state index in [-0.39, 0.29) is 12.2 Å². The number of hydrogen-bond donors (Lipinski definition) is 6. The highest BCUT2D eigenvalue weighted by atomic mass is 16.7. The molecule has 9 nitrogen and oxygen atoms in total. The summed E-state index contributed by atoms with van der Waals surface area (Å²) in [5.74, 6) is -0.183. The summed E-state index contributed by atoms with van der Waals surface area (Å²) in [5, 5.41) is 59.8. The normalized spacial score (nSPS) is 43.2. The summed E-state index contributed by atoms with van der Waals surface area (Å²) in [6.07, 6.45) is -3.44. The predicted octanol–water partition coefficient (Wildman–Crippen LogP) is -1.60. The molecule has 0 amide bonds. The van der Waals surface area contributed by atoms with Gasteiger partial charge in [0.05, 0.1) is 19.3 Å². The molecular weight excluding hydrogens is 372 g/mol. The van der Waals surface area contributed by atoms with Crippen LogP contribution in [0, 0.1) is 5.41 Å². The molecule has 6 N–H and O–H groups in total. The molecule has 28 heavy (non-hydrogen) atoms. The monoisotopic (exact) mass is 402 g/mol. The summed E-state index contributed by atoms with van der Waals surface area (Å²) < 4.78 is 10.8. The Hall–Kier alpha value is -1.17. The van der Waals surface area contributed by atoms with Crippen molar-refractivity contribution in [1.82, 2.24) is 0 Å². The van der Waals surface area contributed by atoms with Gasteiger partial charge in [-0.2, -0.15) is 0 Å². The summed E-state index contributed by atoms with van der Waals surface area (Å²) in [5.41, 5.74) is -2.30. The summed E-state index contributed by atoms with van der Waals surface area (Å²) in [4.78, 5) is 11.8. The average molecular weight is 402 g/mol. The number of aliphatic hydroxyl groups is 6. The van der Waals surface area contributed by atoms with E-state index in [4.69, 9.17) is 9.47 Å². The van der Waals surface area contributed by atoms with Gasteiger partial charge in [-0.15, -0.1) is 0 Å². The minimum Gasteiger partial charge on any atom is -0.396 e. The molecule has 1 saturated heterocycles. The van der Waals surface area contributed by atoms with E-state index < -0.39 is 61.0 Å². The average Bonchev–Trinajstić information content (AvgIpc) is 2.65. The molecule has 1 heterocycles. The quantitative estimate of drug-likeness (QED) is 0.288. The fourth-order valence-electron chi connectivity index (χ4n) is 3.62. The van der Waals surface area contributed by atoms with Crippen LogP contribution in [0.15, 0.2) is 23.8 Å². The van der Waals surface area contributed by atoms with Crippen molar-refractivity contribution < 1.29 is 44.9 Å². The van der Waals surface area contributed by atoms with Gasteiger partial charge in [-0.25, -0.2) is 0 Å². The van der Waals surface area contributed by atoms with E-state index in [2.05, 4.69) is 0 Å². The number of rotatable bonds is 6. The standard InChI is InChI=1S/C19H30O9/c1-10-6-12(22)7-18(3,9-21)19(10,26)5-4-11(2)27-17-16(25)15(24)14(23)13(8-20)28-17/h4-6,11,13-17,20-21,23-26H,7-9H2,1-3H3/b5-4+/t11-,13+,14+,15-,16+,17+,18+,19-/m0/s1. The van der Waals surface area contributed by atoms with E-state index in [1.54, 1.807) is 20.8 Å². The smallest absolute Gasteiger partial charge is 0.187 e. The molecule has 2 aliphatic rings. The van der Waals surface area contributed by atoms with E-state index >= 15 is 0 Å². The first-order valence-electron chi connectivity index (χ1n) is 9.19. The second-order valence-electron chi connectivity index (χ2n) is 7.85. The van der Waals surface area contributed by atoms with E-state index in [1.165, 1.54) is 18.2 Å². The lowest BCUT2D eigenvalue weighted by Gasteiger charge is -2.45. The minimum atomic E-state index is -1.58. The van der Waals surface area contributed by atoms with Crippen molar-refractivity contribution in [3.8, 4) is 0 Å². The molecule has 1 aliphatic carbocycles. The molecule has 0 bridgehead atoms. The van der Waals surface area contributed by atoms with Crippen LogP contribution in [0.5, 0.6) is 0 Å². The van der Waals surface area contributed by atoms with Crippen molar-refractivity contribution in [1.29, 1.82) is 0 Å². The highest BCUT2D eigenvalue weighted by molar-refractivity contribution is 5.92. The summed E-state index contributed by atoms with van der Waals surface area (Å²) in [6, 6.07) is 0. The van der Waals surface area contributed by atoms with E-state index in [9.17, 15) is 35.4 Å². The third-order valence-electron chi connectivity index (χ3n) is 5.62. The molecule has 160 valence electrons. The number of allylic oxidation sites excluding steroid dienone is 1. The molecule has 0 aromatic carbocycles. The lowest BCUT2D eigenvalue weighted by Crippen LogP contribution is -2.59. The molecule has 2 rings (SSSR count). The van der Waals surface area contributed by atoms with Gasteiger partial charge in [0.1, 0.15) is 30.0 Å². The van der Waals surface area contributed by atoms with Gasteiger partial charge in [-0.05, 0) is 31.6 Å². The van der Waals surface area contributed by atoms with Gasteiger partial charge in [0.25, 0.3) is 0 Å². The SMILES string of the molecule is CC1=CC(=O)C[C@](C)(CO)[C@]1(O)/C=C/[C@H](C)O[C@@H]1O[C@H](CO)[C@@H](O)[C@H](O)[C@H]1O. The third-order valence-corrected chi connectivity index (χ3v) is 5.62. The molecule has 1 aliphatic heterocycles. The summed E-state index contributed by atoms with van der Waals surface area (Å²) in [6.45, 7) is 3.83. The van der Waals surface area contributed by atoms with Gasteiger partial charge >= 0.3 is 0 Å². The Balaban J connectivity index is 2.15. The third kappa shape index (κ3) is 4.22. The summed E-state index contributed by atoms with van der Waals surface area (Å²) in [7, 11) is 0. The van der Waals surface area contributed by atoms with Crippen LogP contribution in [0.3, 0.4) is 0 Å². The van der Waals surface area contributed by atoms with E-state index in [0.717, 1.165) is 0 Å². The van der Waals surface area contributed by atoms with Crippen molar-refractivity contribution in [3.63, 3.8) is 0 Å². The molecule has 0 saturated carbocycles. The molecule has 8 atom stereocenters. The van der Waals surface area contributed by atoms with Crippen molar-refractivity contribution in [3.05, 3.63) is 23.8 Å². The van der Waals surface area contributed by atoms with Gasteiger partial charge in [-0.1, -0.05) is 13.0 Å². The molecule has 0 aromatic rings. The first-order chi connectivity index (χ1) is 13.0. The van der Waals surface area contributed by atoms with Crippen LogP contribution in [0.2, 0.25) is 0 Å². The lowest BCUT2D eigenvalue weighted by molar-refractivity contribution is -0.306. The van der Waals surface area contributed by atoms with Crippen LogP contribution < -0.4 is 0 Å². The first-order valence-corrected chi connectivity index (χ1v) is 9.19. The van der Waals surface area contributed by atoms with E-state index in [0.29, 0.717) is 5.57 Å². The van der Waals surface area contributed by atoms with Gasteiger partial charge in [0.2, 0.25) is 0 Å². The topological polar surface area (TPSA) is 157 Å². The molecule has 0 aromatic heterocycles. The maximum atomic E-state index is 11.8. The van der Waals surface area contributed by atoms with Crippen LogP contribution in [-0.4, -0.2) is 92.0 Å². The zero-order chi connectivity index (χ0) is 21.3.